The Bertz CT molecular complexity index is 556. The molecule has 2 rings (SSSR count). The average molecular weight is 268 g/mol. The molecule has 0 radical (unpaired) electrons. The van der Waals surface area contributed by atoms with E-state index in [1.54, 1.807) is 0 Å². The van der Waals surface area contributed by atoms with Crippen molar-refractivity contribution < 1.29 is 9.90 Å². The fourth-order valence-corrected chi connectivity index (χ4v) is 2.31. The molecule has 2 heteroatoms. The molecule has 0 fully saturated rings. The first-order valence-electron chi connectivity index (χ1n) is 6.94. The van der Waals surface area contributed by atoms with Crippen LogP contribution >= 0.6 is 0 Å². The predicted molar refractivity (Wildman–Crippen MR) is 81.1 cm³/mol. The summed E-state index contributed by atoms with van der Waals surface area (Å²) < 4.78 is 0. The number of benzene rings is 2. The minimum atomic E-state index is -0.772. The van der Waals surface area contributed by atoms with Crippen molar-refractivity contribution in [3.8, 4) is 0 Å². The van der Waals surface area contributed by atoms with E-state index in [1.807, 2.05) is 54.6 Å². The van der Waals surface area contributed by atoms with Gasteiger partial charge in [0.1, 0.15) is 0 Å². The van der Waals surface area contributed by atoms with Crippen LogP contribution in [0, 0.1) is 0 Å². The van der Waals surface area contributed by atoms with E-state index < -0.39 is 11.9 Å². The SMILES string of the molecule is CC(C)c1ccc(C(Cc2ccccc2)C(=O)O)cc1. The highest BCUT2D eigenvalue weighted by Crippen LogP contribution is 2.23. The molecule has 0 bridgehead atoms. The molecule has 0 aliphatic heterocycles. The summed E-state index contributed by atoms with van der Waals surface area (Å²) in [6.07, 6.45) is 0.525. The summed E-state index contributed by atoms with van der Waals surface area (Å²) in [4.78, 5) is 11.5. The second kappa shape index (κ2) is 6.38. The molecule has 0 saturated heterocycles. The fourth-order valence-electron chi connectivity index (χ4n) is 2.31. The summed E-state index contributed by atoms with van der Waals surface area (Å²) in [5, 5.41) is 9.47. The summed E-state index contributed by atoms with van der Waals surface area (Å²) in [6.45, 7) is 4.27. The predicted octanol–water partition coefficient (Wildman–Crippen LogP) is 4.22. The highest BCUT2D eigenvalue weighted by molar-refractivity contribution is 5.76. The van der Waals surface area contributed by atoms with Gasteiger partial charge in [-0.05, 0) is 29.0 Å². The van der Waals surface area contributed by atoms with E-state index in [0.29, 0.717) is 12.3 Å². The smallest absolute Gasteiger partial charge is 0.311 e. The normalized spacial score (nSPS) is 12.3. The first-order chi connectivity index (χ1) is 9.58. The number of carboxylic acids is 1. The molecule has 0 spiro atoms. The van der Waals surface area contributed by atoms with E-state index in [1.165, 1.54) is 5.56 Å². The van der Waals surface area contributed by atoms with E-state index in [9.17, 15) is 9.90 Å². The van der Waals surface area contributed by atoms with Crippen LogP contribution in [-0.4, -0.2) is 11.1 Å². The van der Waals surface area contributed by atoms with Crippen molar-refractivity contribution in [2.45, 2.75) is 32.1 Å². The Balaban J connectivity index is 2.22. The van der Waals surface area contributed by atoms with Gasteiger partial charge in [0.15, 0.2) is 0 Å². The highest BCUT2D eigenvalue weighted by atomic mass is 16.4. The molecule has 0 amide bonds. The van der Waals surface area contributed by atoms with Gasteiger partial charge in [-0.25, -0.2) is 0 Å². The summed E-state index contributed by atoms with van der Waals surface area (Å²) in [5.74, 6) is -0.800. The Labute approximate surface area is 120 Å². The molecule has 1 N–H and O–H groups in total. The standard InChI is InChI=1S/C18H20O2/c1-13(2)15-8-10-16(11-9-15)17(18(19)20)12-14-6-4-3-5-7-14/h3-11,13,17H,12H2,1-2H3,(H,19,20). The lowest BCUT2D eigenvalue weighted by Gasteiger charge is -2.14. The van der Waals surface area contributed by atoms with Gasteiger partial charge in [0.25, 0.3) is 0 Å². The minimum absolute atomic E-state index is 0.460. The van der Waals surface area contributed by atoms with E-state index in [-0.39, 0.29) is 0 Å². The summed E-state index contributed by atoms with van der Waals surface area (Å²) in [5.41, 5.74) is 3.15. The number of carboxylic acid groups (broad SMARTS) is 1. The van der Waals surface area contributed by atoms with E-state index in [2.05, 4.69) is 13.8 Å². The average Bonchev–Trinajstić information content (AvgIpc) is 2.45. The molecule has 0 aliphatic rings. The first-order valence-corrected chi connectivity index (χ1v) is 6.94. The van der Waals surface area contributed by atoms with Crippen molar-refractivity contribution in [3.05, 3.63) is 71.3 Å². The van der Waals surface area contributed by atoms with Crippen LogP contribution in [0.3, 0.4) is 0 Å². The van der Waals surface area contributed by atoms with E-state index in [4.69, 9.17) is 0 Å². The third kappa shape index (κ3) is 3.47. The fraction of sp³-hybridized carbons (Fsp3) is 0.278. The van der Waals surface area contributed by atoms with Gasteiger partial charge >= 0.3 is 5.97 Å². The number of hydrogen-bond acceptors (Lipinski definition) is 1. The zero-order chi connectivity index (χ0) is 14.5. The number of carbonyl (C=O) groups is 1. The third-order valence-electron chi connectivity index (χ3n) is 3.59. The molecular weight excluding hydrogens is 248 g/mol. The van der Waals surface area contributed by atoms with E-state index in [0.717, 1.165) is 11.1 Å². The van der Waals surface area contributed by atoms with E-state index >= 15 is 0 Å². The molecule has 2 aromatic carbocycles. The van der Waals surface area contributed by atoms with Crippen molar-refractivity contribution in [1.29, 1.82) is 0 Å². The maximum absolute atomic E-state index is 11.5. The molecule has 1 atom stereocenters. The summed E-state index contributed by atoms with van der Waals surface area (Å²) in [6, 6.07) is 17.7. The van der Waals surface area contributed by atoms with Crippen LogP contribution < -0.4 is 0 Å². The molecule has 104 valence electrons. The number of hydrogen-bond donors (Lipinski definition) is 1. The van der Waals surface area contributed by atoms with Gasteiger partial charge in [-0.2, -0.15) is 0 Å². The lowest BCUT2D eigenvalue weighted by molar-refractivity contribution is -0.138. The van der Waals surface area contributed by atoms with Gasteiger partial charge in [0, 0.05) is 0 Å². The zero-order valence-corrected chi connectivity index (χ0v) is 11.9. The van der Waals surface area contributed by atoms with Crippen LogP contribution in [0.4, 0.5) is 0 Å². The highest BCUT2D eigenvalue weighted by Gasteiger charge is 2.20. The second-order valence-electron chi connectivity index (χ2n) is 5.40. The summed E-state index contributed by atoms with van der Waals surface area (Å²) in [7, 11) is 0. The molecule has 0 saturated carbocycles. The number of rotatable bonds is 5. The van der Waals surface area contributed by atoms with Crippen molar-refractivity contribution in [2.75, 3.05) is 0 Å². The monoisotopic (exact) mass is 268 g/mol. The van der Waals surface area contributed by atoms with Gasteiger partial charge in [-0.3, -0.25) is 4.79 Å². The van der Waals surface area contributed by atoms with Crippen LogP contribution in [0.15, 0.2) is 54.6 Å². The van der Waals surface area contributed by atoms with Crippen LogP contribution in [0.25, 0.3) is 0 Å². The molecule has 1 unspecified atom stereocenters. The van der Waals surface area contributed by atoms with Crippen LogP contribution in [0.2, 0.25) is 0 Å². The molecular formula is C18H20O2. The maximum Gasteiger partial charge on any atom is 0.311 e. The molecule has 0 aromatic heterocycles. The Hall–Kier alpha value is -2.09. The molecule has 2 nitrogen and oxygen atoms in total. The maximum atomic E-state index is 11.5. The Kier molecular flexibility index (Phi) is 4.57. The quantitative estimate of drug-likeness (QED) is 0.881. The Morgan fingerprint density at radius 2 is 1.50 bits per heavy atom. The van der Waals surface area contributed by atoms with Crippen molar-refractivity contribution in [1.82, 2.24) is 0 Å². The van der Waals surface area contributed by atoms with Crippen molar-refractivity contribution in [3.63, 3.8) is 0 Å². The van der Waals surface area contributed by atoms with Gasteiger partial charge in [-0.15, -0.1) is 0 Å². The van der Waals surface area contributed by atoms with Crippen LogP contribution in [0.1, 0.15) is 42.4 Å². The van der Waals surface area contributed by atoms with Gasteiger partial charge in [-0.1, -0.05) is 68.4 Å². The molecule has 0 heterocycles. The molecule has 0 aliphatic carbocycles. The van der Waals surface area contributed by atoms with Crippen LogP contribution in [-0.2, 0) is 11.2 Å². The lowest BCUT2D eigenvalue weighted by atomic mass is 9.90. The third-order valence-corrected chi connectivity index (χ3v) is 3.59. The van der Waals surface area contributed by atoms with Gasteiger partial charge in [0.05, 0.1) is 5.92 Å². The minimum Gasteiger partial charge on any atom is -0.481 e. The second-order valence-corrected chi connectivity index (χ2v) is 5.40. The van der Waals surface area contributed by atoms with Gasteiger partial charge < -0.3 is 5.11 Å². The lowest BCUT2D eigenvalue weighted by Crippen LogP contribution is -2.14. The first kappa shape index (κ1) is 14.3. The largest absolute Gasteiger partial charge is 0.481 e. The van der Waals surface area contributed by atoms with Gasteiger partial charge in [0.2, 0.25) is 0 Å². The number of aliphatic carboxylic acids is 1. The topological polar surface area (TPSA) is 37.3 Å². The Morgan fingerprint density at radius 3 is 2.00 bits per heavy atom. The van der Waals surface area contributed by atoms with Crippen LogP contribution in [0.5, 0.6) is 0 Å². The molecule has 20 heavy (non-hydrogen) atoms. The zero-order valence-electron chi connectivity index (χ0n) is 11.9. The Morgan fingerprint density at radius 1 is 0.950 bits per heavy atom. The van der Waals surface area contributed by atoms with Crippen molar-refractivity contribution >= 4 is 5.97 Å². The summed E-state index contributed by atoms with van der Waals surface area (Å²) >= 11 is 0. The molecule has 2 aromatic rings. The van der Waals surface area contributed by atoms with Crippen molar-refractivity contribution in [2.24, 2.45) is 0 Å².